The van der Waals surface area contributed by atoms with Crippen molar-refractivity contribution < 1.29 is 19.1 Å². The van der Waals surface area contributed by atoms with Crippen LogP contribution in [0.15, 0.2) is 24.3 Å². The number of hydrogen-bond acceptors (Lipinski definition) is 4. The molecule has 0 spiro atoms. The SMILES string of the molecule is COCCCN(CC(=O)NCC(=O)Nc1ccc(C)cc1)C(=O)C[C@@H](C)CC(C)(C)C. The molecule has 2 N–H and O–H groups in total. The average molecular weight is 434 g/mol. The predicted molar refractivity (Wildman–Crippen MR) is 124 cm³/mol. The number of hydrogen-bond donors (Lipinski definition) is 2. The van der Waals surface area contributed by atoms with Crippen LogP contribution in [0.3, 0.4) is 0 Å². The second-order valence-corrected chi connectivity index (χ2v) is 9.43. The lowest BCUT2D eigenvalue weighted by Crippen LogP contribution is -2.43. The van der Waals surface area contributed by atoms with Crippen LogP contribution in [0.1, 0.15) is 52.5 Å². The first-order valence-corrected chi connectivity index (χ1v) is 10.9. The molecule has 0 aromatic heterocycles. The number of methoxy groups -OCH3 is 1. The molecule has 1 aromatic carbocycles. The van der Waals surface area contributed by atoms with E-state index >= 15 is 0 Å². The third kappa shape index (κ3) is 12.1. The number of carbonyl (C=O) groups excluding carboxylic acids is 3. The summed E-state index contributed by atoms with van der Waals surface area (Å²) in [7, 11) is 1.61. The number of rotatable bonds is 12. The molecular weight excluding hydrogens is 394 g/mol. The molecular formula is C24H39N3O4. The molecule has 7 heteroatoms. The van der Waals surface area contributed by atoms with Crippen LogP contribution in [-0.2, 0) is 19.1 Å². The zero-order chi connectivity index (χ0) is 23.4. The highest BCUT2D eigenvalue weighted by Crippen LogP contribution is 2.26. The molecule has 0 unspecified atom stereocenters. The maximum Gasteiger partial charge on any atom is 0.243 e. The topological polar surface area (TPSA) is 87.7 Å². The molecule has 0 saturated heterocycles. The van der Waals surface area contributed by atoms with Crippen LogP contribution in [0.2, 0.25) is 0 Å². The maximum absolute atomic E-state index is 12.8. The lowest BCUT2D eigenvalue weighted by molar-refractivity contribution is -0.137. The molecule has 1 rings (SSSR count). The van der Waals surface area contributed by atoms with Gasteiger partial charge in [0, 0.05) is 32.4 Å². The molecule has 0 aliphatic heterocycles. The molecule has 1 aromatic rings. The van der Waals surface area contributed by atoms with E-state index in [1.165, 1.54) is 0 Å². The minimum atomic E-state index is -0.353. The van der Waals surface area contributed by atoms with E-state index < -0.39 is 0 Å². The van der Waals surface area contributed by atoms with Crippen LogP contribution in [-0.4, -0.2) is 56.0 Å². The second kappa shape index (κ2) is 13.1. The van der Waals surface area contributed by atoms with Crippen LogP contribution in [0, 0.1) is 18.3 Å². The van der Waals surface area contributed by atoms with Crippen molar-refractivity contribution in [1.29, 1.82) is 0 Å². The minimum Gasteiger partial charge on any atom is -0.385 e. The zero-order valence-electron chi connectivity index (χ0n) is 19.9. The molecule has 0 saturated carbocycles. The van der Waals surface area contributed by atoms with Crippen molar-refractivity contribution in [3.63, 3.8) is 0 Å². The highest BCUT2D eigenvalue weighted by atomic mass is 16.5. The molecule has 0 radical (unpaired) electrons. The Hall–Kier alpha value is -2.41. The zero-order valence-corrected chi connectivity index (χ0v) is 19.9. The maximum atomic E-state index is 12.8. The third-order valence-electron chi connectivity index (χ3n) is 4.73. The summed E-state index contributed by atoms with van der Waals surface area (Å²) in [4.78, 5) is 38.8. The molecule has 0 heterocycles. The van der Waals surface area contributed by atoms with Gasteiger partial charge in [0.2, 0.25) is 17.7 Å². The smallest absolute Gasteiger partial charge is 0.243 e. The summed E-state index contributed by atoms with van der Waals surface area (Å²) < 4.78 is 5.08. The molecule has 0 bridgehead atoms. The van der Waals surface area contributed by atoms with Gasteiger partial charge in [-0.05, 0) is 43.2 Å². The largest absolute Gasteiger partial charge is 0.385 e. The van der Waals surface area contributed by atoms with E-state index in [0.717, 1.165) is 12.0 Å². The fourth-order valence-corrected chi connectivity index (χ4v) is 3.49. The predicted octanol–water partition coefficient (Wildman–Crippen LogP) is 3.38. The van der Waals surface area contributed by atoms with E-state index in [9.17, 15) is 14.4 Å². The normalized spacial score (nSPS) is 12.2. The summed E-state index contributed by atoms with van der Waals surface area (Å²) in [5, 5.41) is 5.34. The third-order valence-corrected chi connectivity index (χ3v) is 4.73. The number of carbonyl (C=O) groups is 3. The molecule has 0 fully saturated rings. The first-order valence-electron chi connectivity index (χ1n) is 10.9. The van der Waals surface area contributed by atoms with Gasteiger partial charge in [-0.1, -0.05) is 45.4 Å². The first-order chi connectivity index (χ1) is 14.5. The summed E-state index contributed by atoms with van der Waals surface area (Å²) >= 11 is 0. The van der Waals surface area contributed by atoms with E-state index in [0.29, 0.717) is 31.7 Å². The highest BCUT2D eigenvalue weighted by molar-refractivity contribution is 5.95. The van der Waals surface area contributed by atoms with Gasteiger partial charge in [-0.15, -0.1) is 0 Å². The van der Waals surface area contributed by atoms with Crippen molar-refractivity contribution in [2.45, 2.75) is 53.9 Å². The summed E-state index contributed by atoms with van der Waals surface area (Å²) in [5.41, 5.74) is 1.92. The van der Waals surface area contributed by atoms with Crippen molar-refractivity contribution >= 4 is 23.4 Å². The van der Waals surface area contributed by atoms with Gasteiger partial charge < -0.3 is 20.3 Å². The van der Waals surface area contributed by atoms with Crippen molar-refractivity contribution in [3.05, 3.63) is 29.8 Å². The summed E-state index contributed by atoms with van der Waals surface area (Å²) in [6, 6.07) is 7.42. The lowest BCUT2D eigenvalue weighted by atomic mass is 9.84. The quantitative estimate of drug-likeness (QED) is 0.495. The molecule has 31 heavy (non-hydrogen) atoms. The number of amides is 3. The standard InChI is InChI=1S/C24H39N3O4/c1-18-8-10-20(11-9-18)26-21(28)16-25-22(29)17-27(12-7-13-31-6)23(30)14-19(2)15-24(3,4)5/h8-11,19H,7,12-17H2,1-6H3,(H,25,29)(H,26,28)/t19-/m1/s1. The number of nitrogens with one attached hydrogen (secondary N) is 2. The number of anilines is 1. The van der Waals surface area contributed by atoms with Gasteiger partial charge in [0.15, 0.2) is 0 Å². The average Bonchev–Trinajstić information content (AvgIpc) is 2.66. The van der Waals surface area contributed by atoms with Gasteiger partial charge in [0.1, 0.15) is 0 Å². The molecule has 174 valence electrons. The molecule has 7 nitrogen and oxygen atoms in total. The monoisotopic (exact) mass is 433 g/mol. The fraction of sp³-hybridized carbons (Fsp3) is 0.625. The fourth-order valence-electron chi connectivity index (χ4n) is 3.49. The van der Waals surface area contributed by atoms with Crippen LogP contribution in [0.5, 0.6) is 0 Å². The van der Waals surface area contributed by atoms with Gasteiger partial charge in [0.05, 0.1) is 13.1 Å². The Kier molecular flexibility index (Phi) is 11.3. The van der Waals surface area contributed by atoms with Crippen molar-refractivity contribution in [1.82, 2.24) is 10.2 Å². The van der Waals surface area contributed by atoms with Crippen molar-refractivity contribution in [2.24, 2.45) is 11.3 Å². The van der Waals surface area contributed by atoms with Crippen molar-refractivity contribution in [2.75, 3.05) is 38.7 Å². The van der Waals surface area contributed by atoms with Gasteiger partial charge in [-0.2, -0.15) is 0 Å². The Labute approximate surface area is 186 Å². The number of aryl methyl sites for hydroxylation is 1. The van der Waals surface area contributed by atoms with Gasteiger partial charge in [-0.25, -0.2) is 0 Å². The Balaban J connectivity index is 2.56. The molecule has 3 amide bonds. The number of ether oxygens (including phenoxy) is 1. The molecule has 0 aliphatic rings. The Morgan fingerprint density at radius 1 is 1.10 bits per heavy atom. The van der Waals surface area contributed by atoms with E-state index in [1.807, 2.05) is 31.2 Å². The van der Waals surface area contributed by atoms with Crippen molar-refractivity contribution in [3.8, 4) is 0 Å². The molecule has 0 aliphatic carbocycles. The van der Waals surface area contributed by atoms with E-state index in [-0.39, 0.29) is 42.1 Å². The van der Waals surface area contributed by atoms with Gasteiger partial charge >= 0.3 is 0 Å². The van der Waals surface area contributed by atoms with Crippen LogP contribution in [0.25, 0.3) is 0 Å². The van der Waals surface area contributed by atoms with E-state index in [2.05, 4.69) is 38.3 Å². The van der Waals surface area contributed by atoms with Gasteiger partial charge in [-0.3, -0.25) is 14.4 Å². The lowest BCUT2D eigenvalue weighted by Gasteiger charge is -2.26. The van der Waals surface area contributed by atoms with E-state index in [1.54, 1.807) is 12.0 Å². The highest BCUT2D eigenvalue weighted by Gasteiger charge is 2.22. The Morgan fingerprint density at radius 2 is 1.74 bits per heavy atom. The Morgan fingerprint density at radius 3 is 2.32 bits per heavy atom. The van der Waals surface area contributed by atoms with Crippen LogP contribution >= 0.6 is 0 Å². The summed E-state index contributed by atoms with van der Waals surface area (Å²) in [6.45, 7) is 11.2. The van der Waals surface area contributed by atoms with E-state index in [4.69, 9.17) is 4.74 Å². The second-order valence-electron chi connectivity index (χ2n) is 9.43. The van der Waals surface area contributed by atoms with Crippen LogP contribution < -0.4 is 10.6 Å². The summed E-state index contributed by atoms with van der Waals surface area (Å²) in [5.74, 6) is -0.491. The number of nitrogens with zero attached hydrogens (tertiary/aromatic N) is 1. The Bertz CT molecular complexity index is 711. The molecule has 1 atom stereocenters. The van der Waals surface area contributed by atoms with Crippen LogP contribution in [0.4, 0.5) is 5.69 Å². The summed E-state index contributed by atoms with van der Waals surface area (Å²) in [6.07, 6.45) is 1.97. The first kappa shape index (κ1) is 26.6. The van der Waals surface area contributed by atoms with Gasteiger partial charge in [0.25, 0.3) is 0 Å². The number of benzene rings is 1. The minimum absolute atomic E-state index is 0.0490.